The minimum absolute atomic E-state index is 0.0572. The van der Waals surface area contributed by atoms with Gasteiger partial charge < -0.3 is 10.5 Å². The van der Waals surface area contributed by atoms with E-state index in [4.69, 9.17) is 5.73 Å². The second-order valence-electron chi connectivity index (χ2n) is 5.48. The van der Waals surface area contributed by atoms with Crippen molar-refractivity contribution < 1.29 is 22.7 Å². The van der Waals surface area contributed by atoms with Crippen LogP contribution in [0.15, 0.2) is 71.3 Å². The van der Waals surface area contributed by atoms with E-state index < -0.39 is 18.0 Å². The molecule has 8 nitrogen and oxygen atoms in total. The van der Waals surface area contributed by atoms with Gasteiger partial charge in [-0.15, -0.1) is 0 Å². The molecule has 0 fully saturated rings. The maximum atomic E-state index is 12.9. The Balaban J connectivity index is 2.41. The van der Waals surface area contributed by atoms with Gasteiger partial charge in [0, 0.05) is 12.3 Å². The van der Waals surface area contributed by atoms with E-state index in [1.165, 1.54) is 55.8 Å². The van der Waals surface area contributed by atoms with E-state index in [2.05, 4.69) is 36.6 Å². The number of carbonyl (C=O) groups excluding carboxylic acids is 1. The third-order valence-electron chi connectivity index (χ3n) is 3.32. The van der Waals surface area contributed by atoms with E-state index in [0.29, 0.717) is 5.69 Å². The molecule has 0 bridgehead atoms. The van der Waals surface area contributed by atoms with E-state index in [0.717, 1.165) is 6.07 Å². The first kappa shape index (κ1) is 22.3. The van der Waals surface area contributed by atoms with Gasteiger partial charge in [0.15, 0.2) is 11.7 Å². The van der Waals surface area contributed by atoms with E-state index in [9.17, 15) is 18.0 Å². The summed E-state index contributed by atoms with van der Waals surface area (Å²) in [5.41, 5.74) is 4.93. The minimum Gasteiger partial charge on any atom is -0.453 e. The maximum Gasteiger partial charge on any atom is 0.433 e. The van der Waals surface area contributed by atoms with Crippen molar-refractivity contribution in [2.24, 2.45) is 15.7 Å². The van der Waals surface area contributed by atoms with Gasteiger partial charge in [0.1, 0.15) is 17.2 Å². The fourth-order valence-corrected chi connectivity index (χ4v) is 2.01. The van der Waals surface area contributed by atoms with Crippen molar-refractivity contribution in [2.45, 2.75) is 6.18 Å². The number of hydrogen-bond acceptors (Lipinski definition) is 5. The summed E-state index contributed by atoms with van der Waals surface area (Å²) < 4.78 is 43.1. The topological polar surface area (TPSA) is 115 Å². The Morgan fingerprint density at radius 2 is 2.10 bits per heavy atom. The molecule has 30 heavy (non-hydrogen) atoms. The van der Waals surface area contributed by atoms with E-state index >= 15 is 0 Å². The fraction of sp³-hybridized carbons (Fsp3) is 0.105. The number of alkyl halides is 3. The average molecular weight is 418 g/mol. The number of ether oxygens (including phenoxy) is 1. The molecule has 0 aliphatic heterocycles. The van der Waals surface area contributed by atoms with Crippen LogP contribution >= 0.6 is 0 Å². The molecule has 2 heterocycles. The Bertz CT molecular complexity index is 1020. The molecule has 0 aliphatic carbocycles. The van der Waals surface area contributed by atoms with Crippen LogP contribution in [0.3, 0.4) is 0 Å². The number of aliphatic imine (C=N–C) groups is 2. The van der Waals surface area contributed by atoms with Crippen molar-refractivity contribution in [1.29, 1.82) is 0 Å². The van der Waals surface area contributed by atoms with Crippen LogP contribution in [0.2, 0.25) is 0 Å². The minimum atomic E-state index is -4.62. The molecule has 0 spiro atoms. The number of nitrogens with one attached hydrogen (secondary N) is 1. The Labute approximate surface area is 169 Å². The highest BCUT2D eigenvalue weighted by molar-refractivity contribution is 6.08. The number of hydrogen-bond donors (Lipinski definition) is 2. The number of amides is 1. The van der Waals surface area contributed by atoms with Crippen molar-refractivity contribution in [3.63, 3.8) is 0 Å². The van der Waals surface area contributed by atoms with Gasteiger partial charge in [-0.3, -0.25) is 5.32 Å². The van der Waals surface area contributed by atoms with Gasteiger partial charge in [0.2, 0.25) is 0 Å². The summed E-state index contributed by atoms with van der Waals surface area (Å²) in [4.78, 5) is 27.1. The molecule has 1 amide bonds. The number of rotatable bonds is 5. The van der Waals surface area contributed by atoms with Gasteiger partial charge in [0.25, 0.3) is 0 Å². The second kappa shape index (κ2) is 9.96. The SMILES string of the molecule is C=C/C=C/C(=Nc1ccnc(NC(=O)OC)c1)N=C(N)c1cccc(C(F)(F)F)n1. The predicted octanol–water partition coefficient (Wildman–Crippen LogP) is 3.85. The third-order valence-corrected chi connectivity index (χ3v) is 3.32. The largest absolute Gasteiger partial charge is 0.453 e. The van der Waals surface area contributed by atoms with Crippen LogP contribution in [0.5, 0.6) is 0 Å². The van der Waals surface area contributed by atoms with Gasteiger partial charge in [-0.2, -0.15) is 13.2 Å². The molecule has 0 atom stereocenters. The standard InChI is InChI=1S/C19H17F3N6O2/c1-3-4-8-15(25-12-9-10-24-16(11-12)28-18(29)30-2)27-17(23)13-6-5-7-14(26-13)19(20,21)22/h3-11H,1H2,2H3,(H3,23,24,25,27,28,29)/b8-4+. The van der Waals surface area contributed by atoms with Gasteiger partial charge in [0.05, 0.1) is 12.8 Å². The quantitative estimate of drug-likeness (QED) is 0.435. The Kier molecular flexibility index (Phi) is 7.39. The predicted molar refractivity (Wildman–Crippen MR) is 107 cm³/mol. The maximum absolute atomic E-state index is 12.9. The van der Waals surface area contributed by atoms with Crippen LogP contribution in [0.1, 0.15) is 11.4 Å². The first-order valence-corrected chi connectivity index (χ1v) is 8.30. The van der Waals surface area contributed by atoms with Crippen molar-refractivity contribution >= 4 is 29.3 Å². The molecule has 0 saturated carbocycles. The van der Waals surface area contributed by atoms with Gasteiger partial charge in [-0.05, 0) is 24.3 Å². The molecule has 11 heteroatoms. The fourth-order valence-electron chi connectivity index (χ4n) is 2.01. The van der Waals surface area contributed by atoms with Crippen molar-refractivity contribution in [2.75, 3.05) is 12.4 Å². The number of anilines is 1. The van der Waals surface area contributed by atoms with Crippen LogP contribution < -0.4 is 11.1 Å². The summed E-state index contributed by atoms with van der Waals surface area (Å²) in [5, 5.41) is 2.38. The Morgan fingerprint density at radius 3 is 2.77 bits per heavy atom. The van der Waals surface area contributed by atoms with E-state index in [1.807, 2.05) is 0 Å². The highest BCUT2D eigenvalue weighted by atomic mass is 19.4. The molecule has 0 radical (unpaired) electrons. The molecule has 2 rings (SSSR count). The van der Waals surface area contributed by atoms with E-state index in [-0.39, 0.29) is 23.2 Å². The van der Waals surface area contributed by atoms with Crippen LogP contribution in [0, 0.1) is 0 Å². The summed E-state index contributed by atoms with van der Waals surface area (Å²) >= 11 is 0. The summed E-state index contributed by atoms with van der Waals surface area (Å²) in [5.74, 6) is -0.0380. The number of methoxy groups -OCH3 is 1. The molecule has 0 unspecified atom stereocenters. The lowest BCUT2D eigenvalue weighted by Crippen LogP contribution is -2.19. The van der Waals surface area contributed by atoms with E-state index in [1.54, 1.807) is 0 Å². The number of nitrogens with two attached hydrogens (primary N) is 1. The smallest absolute Gasteiger partial charge is 0.433 e. The highest BCUT2D eigenvalue weighted by Gasteiger charge is 2.32. The molecule has 2 aromatic heterocycles. The molecule has 0 aliphatic rings. The normalized spacial score (nSPS) is 12.7. The molecule has 2 aromatic rings. The number of nitrogens with zero attached hydrogens (tertiary/aromatic N) is 4. The van der Waals surface area contributed by atoms with Crippen molar-refractivity contribution in [3.05, 3.63) is 72.7 Å². The first-order chi connectivity index (χ1) is 14.2. The number of carbonyl (C=O) groups is 1. The molecular formula is C19H17F3N6O2. The zero-order valence-corrected chi connectivity index (χ0v) is 15.7. The zero-order chi connectivity index (χ0) is 22.1. The van der Waals surface area contributed by atoms with Crippen LogP contribution in [0.25, 0.3) is 0 Å². The highest BCUT2D eigenvalue weighted by Crippen LogP contribution is 2.27. The van der Waals surface area contributed by atoms with Crippen molar-refractivity contribution in [1.82, 2.24) is 9.97 Å². The lowest BCUT2D eigenvalue weighted by Gasteiger charge is -2.07. The number of halogens is 3. The lowest BCUT2D eigenvalue weighted by atomic mass is 10.3. The van der Waals surface area contributed by atoms with Gasteiger partial charge >= 0.3 is 12.3 Å². The molecule has 3 N–H and O–H groups in total. The molecular weight excluding hydrogens is 401 g/mol. The first-order valence-electron chi connectivity index (χ1n) is 8.30. The number of amidine groups is 2. The number of allylic oxidation sites excluding steroid dienone is 2. The van der Waals surface area contributed by atoms with Crippen LogP contribution in [0.4, 0.5) is 29.5 Å². The summed E-state index contributed by atoms with van der Waals surface area (Å²) in [7, 11) is 1.20. The average Bonchev–Trinajstić information content (AvgIpc) is 2.71. The number of pyridine rings is 2. The monoisotopic (exact) mass is 418 g/mol. The molecule has 0 aromatic carbocycles. The lowest BCUT2D eigenvalue weighted by molar-refractivity contribution is -0.141. The zero-order valence-electron chi connectivity index (χ0n) is 15.7. The van der Waals surface area contributed by atoms with Gasteiger partial charge in [-0.1, -0.05) is 24.8 Å². The third kappa shape index (κ3) is 6.55. The van der Waals surface area contributed by atoms with Crippen molar-refractivity contribution in [3.8, 4) is 0 Å². The summed E-state index contributed by atoms with van der Waals surface area (Å²) in [6.07, 6.45) is 0.482. The molecule has 0 saturated heterocycles. The second-order valence-corrected chi connectivity index (χ2v) is 5.48. The number of aromatic nitrogens is 2. The van der Waals surface area contributed by atoms with Crippen LogP contribution in [-0.2, 0) is 10.9 Å². The Morgan fingerprint density at radius 1 is 1.33 bits per heavy atom. The summed E-state index contributed by atoms with van der Waals surface area (Å²) in [6, 6.07) is 6.27. The molecule has 156 valence electrons. The Hall–Kier alpha value is -4.02. The summed E-state index contributed by atoms with van der Waals surface area (Å²) in [6.45, 7) is 3.54. The van der Waals surface area contributed by atoms with Gasteiger partial charge in [-0.25, -0.2) is 24.7 Å². The van der Waals surface area contributed by atoms with Crippen LogP contribution in [-0.4, -0.2) is 34.8 Å².